The average molecular weight is 471 g/mol. The minimum absolute atomic E-state index is 0.274. The van der Waals surface area contributed by atoms with E-state index in [0.29, 0.717) is 12.5 Å². The third-order valence-electron chi connectivity index (χ3n) is 7.20. The number of benzene rings is 1. The Hall–Kier alpha value is -3.65. The third kappa shape index (κ3) is 4.18. The van der Waals surface area contributed by atoms with E-state index in [0.717, 1.165) is 71.6 Å². The summed E-state index contributed by atoms with van der Waals surface area (Å²) in [5.41, 5.74) is 6.03. The van der Waals surface area contributed by atoms with Crippen molar-refractivity contribution in [3.8, 4) is 28.3 Å². The number of hydrogen-bond donors (Lipinski definition) is 3. The maximum absolute atomic E-state index is 10.5. The molecular formula is C27H30N6O2. The van der Waals surface area contributed by atoms with Gasteiger partial charge in [-0.3, -0.25) is 0 Å². The largest absolute Gasteiger partial charge is 0.474 e. The lowest BCUT2D eigenvalue weighted by Gasteiger charge is -2.39. The third-order valence-corrected chi connectivity index (χ3v) is 7.20. The molecule has 6 rings (SSSR count). The number of aromatic amines is 1. The zero-order valence-corrected chi connectivity index (χ0v) is 20.1. The molecule has 0 radical (unpaired) electrons. The van der Waals surface area contributed by atoms with Crippen LogP contribution in [0.25, 0.3) is 33.4 Å². The van der Waals surface area contributed by atoms with Gasteiger partial charge in [-0.2, -0.15) is 0 Å². The molecule has 1 atom stereocenters. The topological polar surface area (TPSA) is 99.2 Å². The van der Waals surface area contributed by atoms with Crippen molar-refractivity contribution in [3.63, 3.8) is 0 Å². The summed E-state index contributed by atoms with van der Waals surface area (Å²) in [7, 11) is 0. The van der Waals surface area contributed by atoms with Crippen LogP contribution in [0.15, 0.2) is 48.8 Å². The summed E-state index contributed by atoms with van der Waals surface area (Å²) in [6, 6.07) is 12.6. The Kier molecular flexibility index (Phi) is 5.33. The smallest absolute Gasteiger partial charge is 0.237 e. The zero-order valence-electron chi connectivity index (χ0n) is 20.1. The lowest BCUT2D eigenvalue weighted by Crippen LogP contribution is -2.44. The van der Waals surface area contributed by atoms with Crippen molar-refractivity contribution >= 4 is 22.4 Å². The fourth-order valence-electron chi connectivity index (χ4n) is 5.11. The molecule has 2 aliphatic rings. The number of aliphatic hydroxyl groups is 1. The second kappa shape index (κ2) is 8.53. The van der Waals surface area contributed by atoms with E-state index in [1.54, 1.807) is 0 Å². The summed E-state index contributed by atoms with van der Waals surface area (Å²) in [6.07, 6.45) is 5.95. The normalized spacial score (nSPS) is 18.1. The Labute approximate surface area is 204 Å². The van der Waals surface area contributed by atoms with Gasteiger partial charge in [0.15, 0.2) is 5.65 Å². The van der Waals surface area contributed by atoms with E-state index in [1.807, 2.05) is 26.2 Å². The second-order valence-electron chi connectivity index (χ2n) is 10.0. The van der Waals surface area contributed by atoms with Gasteiger partial charge in [0.05, 0.1) is 17.0 Å². The van der Waals surface area contributed by atoms with E-state index >= 15 is 0 Å². The molecule has 8 heteroatoms. The first-order valence-electron chi connectivity index (χ1n) is 12.3. The quantitative estimate of drug-likeness (QED) is 0.404. The van der Waals surface area contributed by atoms with Crippen LogP contribution in [-0.2, 0) is 0 Å². The van der Waals surface area contributed by atoms with Crippen molar-refractivity contribution in [2.45, 2.75) is 32.3 Å². The molecule has 1 saturated heterocycles. The highest BCUT2D eigenvalue weighted by Crippen LogP contribution is 2.35. The highest BCUT2D eigenvalue weighted by Gasteiger charge is 2.31. The van der Waals surface area contributed by atoms with Crippen LogP contribution >= 0.6 is 0 Å². The van der Waals surface area contributed by atoms with Gasteiger partial charge in [0.25, 0.3) is 0 Å². The molecule has 1 unspecified atom stereocenters. The molecule has 1 fully saturated rings. The van der Waals surface area contributed by atoms with Crippen LogP contribution in [0.3, 0.4) is 0 Å². The van der Waals surface area contributed by atoms with E-state index in [9.17, 15) is 5.11 Å². The molecule has 3 N–H and O–H groups in total. The number of hydrogen-bond acceptors (Lipinski definition) is 7. The number of piperidine rings is 1. The van der Waals surface area contributed by atoms with Gasteiger partial charge in [0.2, 0.25) is 5.88 Å². The van der Waals surface area contributed by atoms with Crippen molar-refractivity contribution in [2.24, 2.45) is 5.92 Å². The maximum atomic E-state index is 10.5. The van der Waals surface area contributed by atoms with Crippen LogP contribution < -0.4 is 15.0 Å². The molecule has 1 aromatic carbocycles. The number of rotatable bonds is 4. The van der Waals surface area contributed by atoms with E-state index in [2.05, 4.69) is 66.8 Å². The molecule has 8 nitrogen and oxygen atoms in total. The number of fused-ring (bicyclic) bond motifs is 2. The summed E-state index contributed by atoms with van der Waals surface area (Å²) in [4.78, 5) is 10.1. The summed E-state index contributed by atoms with van der Waals surface area (Å²) in [5.74, 6) is 0.916. The van der Waals surface area contributed by atoms with Crippen LogP contribution in [0.4, 0.5) is 11.4 Å². The molecule has 35 heavy (non-hydrogen) atoms. The highest BCUT2D eigenvalue weighted by atomic mass is 16.5. The number of H-pyrrole nitrogens is 1. The number of ether oxygens (including phenoxy) is 1. The lowest BCUT2D eigenvalue weighted by atomic mass is 9.84. The Bertz CT molecular complexity index is 1360. The zero-order chi connectivity index (χ0) is 24.0. The number of anilines is 2. The summed E-state index contributed by atoms with van der Waals surface area (Å²) in [6.45, 7) is 7.11. The predicted molar refractivity (Wildman–Crippen MR) is 138 cm³/mol. The van der Waals surface area contributed by atoms with Gasteiger partial charge in [0, 0.05) is 65.7 Å². The van der Waals surface area contributed by atoms with Crippen LogP contribution in [0.5, 0.6) is 5.88 Å². The van der Waals surface area contributed by atoms with E-state index < -0.39 is 5.60 Å². The monoisotopic (exact) mass is 470 g/mol. The molecule has 5 heterocycles. The van der Waals surface area contributed by atoms with Gasteiger partial charge in [-0.25, -0.2) is 4.98 Å². The molecule has 2 aliphatic heterocycles. The Balaban J connectivity index is 1.28. The SMILES string of the molecule is CC(C)(O)C1CCCN(c2ccc(-c3cc4c(-c5cnc6c(c5)NCCO6)c[nH]c4nn3)cc2)C1. The molecule has 3 aromatic heterocycles. The molecule has 4 aromatic rings. The number of pyridine rings is 1. The summed E-state index contributed by atoms with van der Waals surface area (Å²) < 4.78 is 5.62. The van der Waals surface area contributed by atoms with Crippen LogP contribution in [0.1, 0.15) is 26.7 Å². The first-order chi connectivity index (χ1) is 17.0. The highest BCUT2D eigenvalue weighted by molar-refractivity contribution is 5.95. The van der Waals surface area contributed by atoms with Crippen molar-refractivity contribution in [1.82, 2.24) is 20.2 Å². The Morgan fingerprint density at radius 1 is 1.11 bits per heavy atom. The van der Waals surface area contributed by atoms with Gasteiger partial charge < -0.3 is 25.0 Å². The predicted octanol–water partition coefficient (Wildman–Crippen LogP) is 4.48. The second-order valence-corrected chi connectivity index (χ2v) is 10.0. The fraction of sp³-hybridized carbons (Fsp3) is 0.370. The van der Waals surface area contributed by atoms with Gasteiger partial charge in [-0.05, 0) is 51.0 Å². The number of aromatic nitrogens is 4. The van der Waals surface area contributed by atoms with Crippen molar-refractivity contribution < 1.29 is 9.84 Å². The van der Waals surface area contributed by atoms with Gasteiger partial charge in [0.1, 0.15) is 6.61 Å². The number of nitrogens with one attached hydrogen (secondary N) is 2. The molecular weight excluding hydrogens is 440 g/mol. The first kappa shape index (κ1) is 21.9. The first-order valence-corrected chi connectivity index (χ1v) is 12.3. The molecule has 180 valence electrons. The standard InChI is InChI=1S/C27H30N6O2/c1-27(2,34)19-4-3-10-33(16-19)20-7-5-17(6-8-20)23-13-21-22(15-29-25(21)32-31-23)18-12-24-26(30-14-18)35-11-9-28-24/h5-8,12-15,19,28,34H,3-4,9-11,16H2,1-2H3,(H,29,32). The maximum Gasteiger partial charge on any atom is 0.237 e. The molecule has 0 spiro atoms. The minimum Gasteiger partial charge on any atom is -0.474 e. The summed E-state index contributed by atoms with van der Waals surface area (Å²) >= 11 is 0. The van der Waals surface area contributed by atoms with E-state index in [4.69, 9.17) is 4.74 Å². The molecule has 0 bridgehead atoms. The van der Waals surface area contributed by atoms with Gasteiger partial charge >= 0.3 is 0 Å². The minimum atomic E-state index is -0.658. The van der Waals surface area contributed by atoms with Crippen LogP contribution in [0, 0.1) is 5.92 Å². The number of nitrogens with zero attached hydrogens (tertiary/aromatic N) is 4. The van der Waals surface area contributed by atoms with Gasteiger partial charge in [-0.15, -0.1) is 10.2 Å². The Morgan fingerprint density at radius 2 is 1.97 bits per heavy atom. The lowest BCUT2D eigenvalue weighted by molar-refractivity contribution is 0.0110. The van der Waals surface area contributed by atoms with E-state index in [-0.39, 0.29) is 5.92 Å². The fourth-order valence-corrected chi connectivity index (χ4v) is 5.11. The molecule has 0 amide bonds. The van der Waals surface area contributed by atoms with Crippen LogP contribution in [-0.4, -0.2) is 57.1 Å². The van der Waals surface area contributed by atoms with Crippen molar-refractivity contribution in [1.29, 1.82) is 0 Å². The summed E-state index contributed by atoms with van der Waals surface area (Å²) in [5, 5.41) is 23.7. The van der Waals surface area contributed by atoms with Crippen molar-refractivity contribution in [2.75, 3.05) is 36.5 Å². The van der Waals surface area contributed by atoms with E-state index in [1.165, 1.54) is 5.69 Å². The Morgan fingerprint density at radius 3 is 2.80 bits per heavy atom. The van der Waals surface area contributed by atoms with Crippen molar-refractivity contribution in [3.05, 3.63) is 48.8 Å². The average Bonchev–Trinajstić information content (AvgIpc) is 3.31. The molecule has 0 saturated carbocycles. The van der Waals surface area contributed by atoms with Gasteiger partial charge in [-0.1, -0.05) is 12.1 Å². The molecule has 0 aliphatic carbocycles. The van der Waals surface area contributed by atoms with Crippen LogP contribution in [0.2, 0.25) is 0 Å².